The van der Waals surface area contributed by atoms with E-state index in [4.69, 9.17) is 5.73 Å². The van der Waals surface area contributed by atoms with Crippen LogP contribution in [0.5, 0.6) is 0 Å². The molecule has 6 nitrogen and oxygen atoms in total. The van der Waals surface area contributed by atoms with Gasteiger partial charge in [-0.25, -0.2) is 9.67 Å². The van der Waals surface area contributed by atoms with Gasteiger partial charge in [-0.15, -0.1) is 12.4 Å². The number of pyridine rings is 1. The van der Waals surface area contributed by atoms with Gasteiger partial charge in [0, 0.05) is 18.4 Å². The Morgan fingerprint density at radius 3 is 2.62 bits per heavy atom. The highest BCUT2D eigenvalue weighted by molar-refractivity contribution is 5.85. The Morgan fingerprint density at radius 1 is 1.43 bits per heavy atom. The van der Waals surface area contributed by atoms with Crippen LogP contribution in [-0.4, -0.2) is 26.7 Å². The molecule has 0 aliphatic carbocycles. The molecule has 0 saturated carbocycles. The Morgan fingerprint density at radius 2 is 2.14 bits per heavy atom. The SMILES string of the molecule is Cc1cc(C)n(-c2ccc(CNC(=O)C(C)N)cn2)n1.Cl. The van der Waals surface area contributed by atoms with Crippen molar-refractivity contribution >= 4 is 18.3 Å². The molecule has 0 aliphatic heterocycles. The minimum Gasteiger partial charge on any atom is -0.351 e. The number of nitrogens with zero attached hydrogens (tertiary/aromatic N) is 3. The summed E-state index contributed by atoms with van der Waals surface area (Å²) in [7, 11) is 0. The molecule has 0 spiro atoms. The highest BCUT2D eigenvalue weighted by atomic mass is 35.5. The number of nitrogens with one attached hydrogen (secondary N) is 1. The van der Waals surface area contributed by atoms with E-state index >= 15 is 0 Å². The predicted molar refractivity (Wildman–Crippen MR) is 83.6 cm³/mol. The Kier molecular flexibility index (Phi) is 5.87. The van der Waals surface area contributed by atoms with Crippen molar-refractivity contribution in [3.05, 3.63) is 41.3 Å². The van der Waals surface area contributed by atoms with E-state index < -0.39 is 6.04 Å². The number of hydrogen-bond acceptors (Lipinski definition) is 4. The summed E-state index contributed by atoms with van der Waals surface area (Å²) in [6, 6.07) is 5.29. The number of hydrogen-bond donors (Lipinski definition) is 2. The summed E-state index contributed by atoms with van der Waals surface area (Å²) in [5.41, 5.74) is 8.39. The number of carbonyl (C=O) groups is 1. The largest absolute Gasteiger partial charge is 0.351 e. The van der Waals surface area contributed by atoms with Crippen LogP contribution < -0.4 is 11.1 Å². The van der Waals surface area contributed by atoms with Crippen molar-refractivity contribution in [2.45, 2.75) is 33.4 Å². The standard InChI is InChI=1S/C14H19N5O.ClH/c1-9-6-10(2)19(18-9)13-5-4-12(7-16-13)8-17-14(20)11(3)15;/h4-7,11H,8,15H2,1-3H3,(H,17,20);1H. The van der Waals surface area contributed by atoms with Gasteiger partial charge >= 0.3 is 0 Å². The zero-order chi connectivity index (χ0) is 14.7. The van der Waals surface area contributed by atoms with Gasteiger partial charge in [-0.2, -0.15) is 5.10 Å². The molecule has 0 fully saturated rings. The molecule has 2 aromatic heterocycles. The third kappa shape index (κ3) is 4.27. The molecule has 21 heavy (non-hydrogen) atoms. The molecule has 2 rings (SSSR count). The van der Waals surface area contributed by atoms with Crippen LogP contribution >= 0.6 is 12.4 Å². The molecule has 0 aromatic carbocycles. The van der Waals surface area contributed by atoms with Crippen LogP contribution in [0.1, 0.15) is 23.9 Å². The summed E-state index contributed by atoms with van der Waals surface area (Å²) in [6.07, 6.45) is 1.73. The van der Waals surface area contributed by atoms with E-state index in [1.165, 1.54) is 0 Å². The highest BCUT2D eigenvalue weighted by Gasteiger charge is 2.07. The topological polar surface area (TPSA) is 85.8 Å². The lowest BCUT2D eigenvalue weighted by Crippen LogP contribution is -2.37. The molecule has 3 N–H and O–H groups in total. The zero-order valence-corrected chi connectivity index (χ0v) is 13.1. The lowest BCUT2D eigenvalue weighted by Gasteiger charge is -2.08. The Hall–Kier alpha value is -1.92. The molecular formula is C14H20ClN5O. The summed E-state index contributed by atoms with van der Waals surface area (Å²) < 4.78 is 1.79. The van der Waals surface area contributed by atoms with E-state index in [2.05, 4.69) is 15.4 Å². The molecule has 1 atom stereocenters. The summed E-state index contributed by atoms with van der Waals surface area (Å²) in [4.78, 5) is 15.7. The Balaban J connectivity index is 0.00000220. The van der Waals surface area contributed by atoms with Gasteiger partial charge in [-0.05, 0) is 38.5 Å². The van der Waals surface area contributed by atoms with E-state index in [0.29, 0.717) is 6.54 Å². The molecule has 0 bridgehead atoms. The smallest absolute Gasteiger partial charge is 0.236 e. The van der Waals surface area contributed by atoms with E-state index in [9.17, 15) is 4.79 Å². The lowest BCUT2D eigenvalue weighted by molar-refractivity contribution is -0.122. The quantitative estimate of drug-likeness (QED) is 0.890. The molecule has 0 saturated heterocycles. The van der Waals surface area contributed by atoms with Gasteiger partial charge in [0.1, 0.15) is 0 Å². The maximum absolute atomic E-state index is 11.4. The van der Waals surface area contributed by atoms with Gasteiger partial charge in [0.15, 0.2) is 5.82 Å². The highest BCUT2D eigenvalue weighted by Crippen LogP contribution is 2.10. The van der Waals surface area contributed by atoms with E-state index in [-0.39, 0.29) is 18.3 Å². The number of carbonyl (C=O) groups excluding carboxylic acids is 1. The first kappa shape index (κ1) is 17.1. The van der Waals surface area contributed by atoms with Gasteiger partial charge in [0.2, 0.25) is 5.91 Å². The molecule has 114 valence electrons. The monoisotopic (exact) mass is 309 g/mol. The molecule has 0 aliphatic rings. The fraction of sp³-hybridized carbons (Fsp3) is 0.357. The van der Waals surface area contributed by atoms with Gasteiger partial charge in [-0.1, -0.05) is 6.07 Å². The van der Waals surface area contributed by atoms with Crippen LogP contribution in [0.2, 0.25) is 0 Å². The van der Waals surface area contributed by atoms with E-state index in [0.717, 1.165) is 22.8 Å². The number of aryl methyl sites for hydroxylation is 2. The molecular weight excluding hydrogens is 290 g/mol. The first-order chi connectivity index (χ1) is 9.47. The van der Waals surface area contributed by atoms with Crippen molar-refractivity contribution in [1.29, 1.82) is 0 Å². The minimum absolute atomic E-state index is 0. The average Bonchev–Trinajstić information content (AvgIpc) is 2.75. The summed E-state index contributed by atoms with van der Waals surface area (Å²) in [6.45, 7) is 6.00. The van der Waals surface area contributed by atoms with Crippen LogP contribution in [0.3, 0.4) is 0 Å². The van der Waals surface area contributed by atoms with Crippen LogP contribution in [0, 0.1) is 13.8 Å². The summed E-state index contributed by atoms with van der Waals surface area (Å²) in [5, 5.41) is 7.12. The van der Waals surface area contributed by atoms with Crippen molar-refractivity contribution in [2.75, 3.05) is 0 Å². The summed E-state index contributed by atoms with van der Waals surface area (Å²) >= 11 is 0. The van der Waals surface area contributed by atoms with Crippen LogP contribution in [0.4, 0.5) is 0 Å². The zero-order valence-electron chi connectivity index (χ0n) is 12.3. The second kappa shape index (κ2) is 7.19. The number of rotatable bonds is 4. The fourth-order valence-corrected chi connectivity index (χ4v) is 1.86. The molecule has 1 unspecified atom stereocenters. The van der Waals surface area contributed by atoms with Gasteiger partial charge in [0.25, 0.3) is 0 Å². The van der Waals surface area contributed by atoms with Crippen molar-refractivity contribution in [3.8, 4) is 5.82 Å². The first-order valence-corrected chi connectivity index (χ1v) is 6.49. The Bertz CT molecular complexity index is 606. The number of aromatic nitrogens is 3. The first-order valence-electron chi connectivity index (χ1n) is 6.49. The third-order valence-corrected chi connectivity index (χ3v) is 2.92. The second-order valence-corrected chi connectivity index (χ2v) is 4.87. The van der Waals surface area contributed by atoms with Crippen molar-refractivity contribution < 1.29 is 4.79 Å². The van der Waals surface area contributed by atoms with E-state index in [1.54, 1.807) is 17.8 Å². The van der Waals surface area contributed by atoms with Crippen molar-refractivity contribution in [2.24, 2.45) is 5.73 Å². The van der Waals surface area contributed by atoms with Crippen LogP contribution in [0.15, 0.2) is 24.4 Å². The Labute approximate surface area is 130 Å². The molecule has 1 amide bonds. The summed E-state index contributed by atoms with van der Waals surface area (Å²) in [5.74, 6) is 0.588. The number of halogens is 1. The maximum atomic E-state index is 11.4. The molecule has 7 heteroatoms. The van der Waals surface area contributed by atoms with Gasteiger partial charge in [0.05, 0.1) is 11.7 Å². The second-order valence-electron chi connectivity index (χ2n) is 4.87. The fourth-order valence-electron chi connectivity index (χ4n) is 1.86. The molecule has 2 heterocycles. The van der Waals surface area contributed by atoms with E-state index in [1.807, 2.05) is 32.0 Å². The van der Waals surface area contributed by atoms with Gasteiger partial charge < -0.3 is 11.1 Å². The number of amides is 1. The van der Waals surface area contributed by atoms with Crippen molar-refractivity contribution in [3.63, 3.8) is 0 Å². The predicted octanol–water partition coefficient (Wildman–Crippen LogP) is 1.27. The van der Waals surface area contributed by atoms with Crippen molar-refractivity contribution in [1.82, 2.24) is 20.1 Å². The van der Waals surface area contributed by atoms with Crippen LogP contribution in [-0.2, 0) is 11.3 Å². The molecule has 0 radical (unpaired) electrons. The molecule has 2 aromatic rings. The third-order valence-electron chi connectivity index (χ3n) is 2.92. The minimum atomic E-state index is -0.503. The van der Waals surface area contributed by atoms with Crippen LogP contribution in [0.25, 0.3) is 5.82 Å². The van der Waals surface area contributed by atoms with Gasteiger partial charge in [-0.3, -0.25) is 4.79 Å². The average molecular weight is 310 g/mol. The number of nitrogens with two attached hydrogens (primary N) is 1. The normalized spacial score (nSPS) is 11.6. The maximum Gasteiger partial charge on any atom is 0.236 e. The lowest BCUT2D eigenvalue weighted by atomic mass is 10.2.